The van der Waals surface area contributed by atoms with Crippen LogP contribution >= 0.6 is 0 Å². The second-order valence-corrected chi connectivity index (χ2v) is 5.48. The van der Waals surface area contributed by atoms with Gasteiger partial charge in [0.1, 0.15) is 12.0 Å². The highest BCUT2D eigenvalue weighted by Gasteiger charge is 2.21. The third-order valence-corrected chi connectivity index (χ3v) is 4.05. The largest absolute Gasteiger partial charge is 0.507 e. The molecule has 2 heterocycles. The van der Waals surface area contributed by atoms with Crippen molar-refractivity contribution in [2.75, 3.05) is 23.7 Å². The van der Waals surface area contributed by atoms with Gasteiger partial charge in [0, 0.05) is 24.6 Å². The number of piperidine rings is 1. The number of anilines is 2. The summed E-state index contributed by atoms with van der Waals surface area (Å²) in [6.07, 6.45) is 2.66. The van der Waals surface area contributed by atoms with Crippen LogP contribution in [0.4, 0.5) is 11.5 Å². The normalized spacial score (nSPS) is 15.7. The number of aromatic nitrogens is 2. The second kappa shape index (κ2) is 6.01. The Morgan fingerprint density at radius 2 is 1.95 bits per heavy atom. The molecule has 0 aliphatic carbocycles. The fourth-order valence-electron chi connectivity index (χ4n) is 2.74. The molecule has 6 heteroatoms. The lowest BCUT2D eigenvalue weighted by Crippen LogP contribution is -2.34. The van der Waals surface area contributed by atoms with Crippen molar-refractivity contribution in [1.29, 1.82) is 0 Å². The maximum absolute atomic E-state index is 10.9. The zero-order valence-corrected chi connectivity index (χ0v) is 12.1. The topological polar surface area (TPSA) is 92.3 Å². The van der Waals surface area contributed by atoms with Gasteiger partial charge < -0.3 is 20.5 Å². The van der Waals surface area contributed by atoms with E-state index in [1.165, 1.54) is 0 Å². The van der Waals surface area contributed by atoms with Crippen molar-refractivity contribution in [3.05, 3.63) is 30.3 Å². The molecule has 0 amide bonds. The van der Waals surface area contributed by atoms with E-state index in [0.29, 0.717) is 17.1 Å². The summed E-state index contributed by atoms with van der Waals surface area (Å²) in [5.41, 5.74) is 7.97. The molecule has 1 saturated heterocycles. The fraction of sp³-hybridized carbons (Fsp3) is 0.312. The molecule has 2 aromatic rings. The first kappa shape index (κ1) is 14.3. The number of phenolic OH excluding ortho intramolecular Hbond substituents is 1. The predicted molar refractivity (Wildman–Crippen MR) is 84.5 cm³/mol. The molecule has 3 N–H and O–H groups in total. The van der Waals surface area contributed by atoms with Crippen LogP contribution in [0, 0.1) is 5.92 Å². The zero-order chi connectivity index (χ0) is 15.5. The summed E-state index contributed by atoms with van der Waals surface area (Å²) >= 11 is 0. The Bertz CT molecular complexity index is 682. The lowest BCUT2D eigenvalue weighted by Gasteiger charge is -2.32. The Morgan fingerprint density at radius 3 is 2.64 bits per heavy atom. The number of nitrogen functional groups attached to an aromatic ring is 1. The highest BCUT2D eigenvalue weighted by molar-refractivity contribution is 5.74. The molecular weight excluding hydrogens is 280 g/mol. The molecule has 0 atom stereocenters. The monoisotopic (exact) mass is 298 g/mol. The molecule has 6 nitrogen and oxygen atoms in total. The standard InChI is InChI=1S/C16H18N4O2/c17-16-14(20-7-5-11(10-21)6-8-20)9-13(18-19-16)12-3-1-2-4-15(12)22/h1-4,9-11,22H,5-8H2,(H2,17,19). The summed E-state index contributed by atoms with van der Waals surface area (Å²) in [6, 6.07) is 8.84. The molecule has 22 heavy (non-hydrogen) atoms. The number of rotatable bonds is 3. The first-order chi connectivity index (χ1) is 10.7. The van der Waals surface area contributed by atoms with E-state index in [9.17, 15) is 9.90 Å². The lowest BCUT2D eigenvalue weighted by molar-refractivity contribution is -0.111. The molecule has 1 aromatic heterocycles. The molecule has 0 bridgehead atoms. The average Bonchev–Trinajstić information content (AvgIpc) is 2.56. The van der Waals surface area contributed by atoms with Gasteiger partial charge in [0.25, 0.3) is 0 Å². The zero-order valence-electron chi connectivity index (χ0n) is 12.1. The summed E-state index contributed by atoms with van der Waals surface area (Å²) in [7, 11) is 0. The number of aromatic hydroxyl groups is 1. The molecule has 1 aliphatic rings. The maximum Gasteiger partial charge on any atom is 0.169 e. The van der Waals surface area contributed by atoms with Crippen molar-refractivity contribution >= 4 is 17.8 Å². The lowest BCUT2D eigenvalue weighted by atomic mass is 9.98. The van der Waals surface area contributed by atoms with E-state index in [-0.39, 0.29) is 11.7 Å². The van der Waals surface area contributed by atoms with Crippen LogP contribution in [-0.2, 0) is 4.79 Å². The van der Waals surface area contributed by atoms with Gasteiger partial charge in [0.2, 0.25) is 0 Å². The summed E-state index contributed by atoms with van der Waals surface area (Å²) in [6.45, 7) is 1.53. The average molecular weight is 298 g/mol. The smallest absolute Gasteiger partial charge is 0.169 e. The van der Waals surface area contributed by atoms with Crippen molar-refractivity contribution in [1.82, 2.24) is 10.2 Å². The van der Waals surface area contributed by atoms with E-state index in [4.69, 9.17) is 5.73 Å². The van der Waals surface area contributed by atoms with E-state index < -0.39 is 0 Å². The number of nitrogens with two attached hydrogens (primary N) is 1. The Hall–Kier alpha value is -2.63. The summed E-state index contributed by atoms with van der Waals surface area (Å²) < 4.78 is 0. The van der Waals surface area contributed by atoms with Crippen molar-refractivity contribution in [3.63, 3.8) is 0 Å². The van der Waals surface area contributed by atoms with Crippen molar-refractivity contribution in [2.45, 2.75) is 12.8 Å². The van der Waals surface area contributed by atoms with Crippen molar-refractivity contribution < 1.29 is 9.90 Å². The number of hydrogen-bond donors (Lipinski definition) is 2. The van der Waals surface area contributed by atoms with Gasteiger partial charge in [-0.05, 0) is 31.0 Å². The Kier molecular flexibility index (Phi) is 3.91. The molecule has 3 rings (SSSR count). The van der Waals surface area contributed by atoms with Crippen LogP contribution < -0.4 is 10.6 Å². The molecular formula is C16H18N4O2. The third kappa shape index (κ3) is 2.72. The molecule has 114 valence electrons. The summed E-state index contributed by atoms with van der Waals surface area (Å²) in [4.78, 5) is 13.0. The van der Waals surface area contributed by atoms with Crippen LogP contribution in [-0.4, -0.2) is 34.7 Å². The van der Waals surface area contributed by atoms with Crippen LogP contribution in [0.5, 0.6) is 5.75 Å². The predicted octanol–water partition coefficient (Wildman–Crippen LogP) is 1.85. The maximum atomic E-state index is 10.9. The van der Waals surface area contributed by atoms with Gasteiger partial charge in [-0.2, -0.15) is 0 Å². The van der Waals surface area contributed by atoms with Gasteiger partial charge in [-0.3, -0.25) is 0 Å². The number of carbonyl (C=O) groups is 1. The first-order valence-electron chi connectivity index (χ1n) is 7.31. The Morgan fingerprint density at radius 1 is 1.23 bits per heavy atom. The Labute approximate surface area is 128 Å². The van der Waals surface area contributed by atoms with Crippen LogP contribution in [0.25, 0.3) is 11.3 Å². The van der Waals surface area contributed by atoms with Crippen LogP contribution in [0.2, 0.25) is 0 Å². The fourth-order valence-corrected chi connectivity index (χ4v) is 2.74. The number of nitrogens with zero attached hydrogens (tertiary/aromatic N) is 3. The molecule has 0 unspecified atom stereocenters. The molecule has 0 saturated carbocycles. The van der Waals surface area contributed by atoms with E-state index in [0.717, 1.165) is 37.9 Å². The SMILES string of the molecule is Nc1nnc(-c2ccccc2O)cc1N1CCC(C=O)CC1. The minimum absolute atomic E-state index is 0.130. The number of para-hydroxylation sites is 1. The molecule has 0 radical (unpaired) electrons. The van der Waals surface area contributed by atoms with Gasteiger partial charge in [-0.15, -0.1) is 10.2 Å². The number of hydrogen-bond acceptors (Lipinski definition) is 6. The Balaban J connectivity index is 1.91. The minimum atomic E-state index is 0.130. The van der Waals surface area contributed by atoms with Crippen LogP contribution in [0.15, 0.2) is 30.3 Å². The summed E-state index contributed by atoms with van der Waals surface area (Å²) in [5, 5.41) is 18.0. The molecule has 0 spiro atoms. The van der Waals surface area contributed by atoms with Crippen molar-refractivity contribution in [3.8, 4) is 17.0 Å². The van der Waals surface area contributed by atoms with Gasteiger partial charge in [0.05, 0.1) is 11.4 Å². The summed E-state index contributed by atoms with van der Waals surface area (Å²) in [5.74, 6) is 0.654. The second-order valence-electron chi connectivity index (χ2n) is 5.48. The van der Waals surface area contributed by atoms with E-state index in [2.05, 4.69) is 15.1 Å². The van der Waals surface area contributed by atoms with E-state index >= 15 is 0 Å². The highest BCUT2D eigenvalue weighted by Crippen LogP contribution is 2.32. The first-order valence-corrected chi connectivity index (χ1v) is 7.31. The minimum Gasteiger partial charge on any atom is -0.507 e. The van der Waals surface area contributed by atoms with E-state index in [1.54, 1.807) is 18.2 Å². The van der Waals surface area contributed by atoms with Gasteiger partial charge in [-0.1, -0.05) is 12.1 Å². The van der Waals surface area contributed by atoms with Gasteiger partial charge in [0.15, 0.2) is 5.82 Å². The van der Waals surface area contributed by atoms with Gasteiger partial charge >= 0.3 is 0 Å². The highest BCUT2D eigenvalue weighted by atomic mass is 16.3. The van der Waals surface area contributed by atoms with E-state index in [1.807, 2.05) is 12.1 Å². The number of phenols is 1. The van der Waals surface area contributed by atoms with Crippen molar-refractivity contribution in [2.24, 2.45) is 5.92 Å². The number of benzene rings is 1. The molecule has 1 aromatic carbocycles. The number of aldehydes is 1. The van der Waals surface area contributed by atoms with Crippen LogP contribution in [0.1, 0.15) is 12.8 Å². The molecule has 1 fully saturated rings. The van der Waals surface area contributed by atoms with Crippen LogP contribution in [0.3, 0.4) is 0 Å². The number of carbonyl (C=O) groups excluding carboxylic acids is 1. The van der Waals surface area contributed by atoms with Gasteiger partial charge in [-0.25, -0.2) is 0 Å². The molecule has 1 aliphatic heterocycles. The quantitative estimate of drug-likeness (QED) is 0.840. The third-order valence-electron chi connectivity index (χ3n) is 4.05.